The average Bonchev–Trinajstić information content (AvgIpc) is 2.86. The number of rotatable bonds is 5. The molecule has 0 bridgehead atoms. The van der Waals surface area contributed by atoms with Crippen molar-refractivity contribution in [1.29, 1.82) is 0 Å². The van der Waals surface area contributed by atoms with E-state index in [1.54, 1.807) is 22.7 Å². The molecule has 0 aliphatic carbocycles. The van der Waals surface area contributed by atoms with Gasteiger partial charge in [0.2, 0.25) is 0 Å². The van der Waals surface area contributed by atoms with Gasteiger partial charge < -0.3 is 0 Å². The summed E-state index contributed by atoms with van der Waals surface area (Å²) in [5.74, 6) is 0.335. The Balaban J connectivity index is 1.78. The minimum Gasteiger partial charge on any atom is -0.299 e. The monoisotopic (exact) mass is 236 g/mol. The predicted molar refractivity (Wildman–Crippen MR) is 65.7 cm³/mol. The second-order valence-electron chi connectivity index (χ2n) is 3.43. The average molecular weight is 236 g/mol. The van der Waals surface area contributed by atoms with Gasteiger partial charge >= 0.3 is 0 Å². The number of carbonyl (C=O) groups excluding carboxylic acids is 1. The number of hydrogen-bond donors (Lipinski definition) is 0. The van der Waals surface area contributed by atoms with E-state index in [4.69, 9.17) is 0 Å². The second-order valence-corrected chi connectivity index (χ2v) is 5.24. The number of thiophene rings is 2. The lowest BCUT2D eigenvalue weighted by Crippen LogP contribution is -2.02. The van der Waals surface area contributed by atoms with Gasteiger partial charge in [0.15, 0.2) is 0 Å². The first-order valence-electron chi connectivity index (χ1n) is 4.90. The summed E-state index contributed by atoms with van der Waals surface area (Å²) >= 11 is 3.37. The highest BCUT2D eigenvalue weighted by Crippen LogP contribution is 2.13. The molecule has 0 fully saturated rings. The maximum absolute atomic E-state index is 11.6. The van der Waals surface area contributed by atoms with Crippen molar-refractivity contribution in [3.05, 3.63) is 44.8 Å². The van der Waals surface area contributed by atoms with E-state index in [0.717, 1.165) is 12.0 Å². The van der Waals surface area contributed by atoms with Crippen LogP contribution in [0.5, 0.6) is 0 Å². The third-order valence-electron chi connectivity index (χ3n) is 2.21. The molecular weight excluding hydrogens is 224 g/mol. The Morgan fingerprint density at radius 3 is 2.87 bits per heavy atom. The fraction of sp³-hybridized carbons (Fsp3) is 0.250. The van der Waals surface area contributed by atoms with E-state index >= 15 is 0 Å². The summed E-state index contributed by atoms with van der Waals surface area (Å²) in [7, 11) is 0. The molecule has 0 N–H and O–H groups in total. The molecule has 2 aromatic heterocycles. The minimum atomic E-state index is 0.335. The Bertz CT molecular complexity index is 401. The van der Waals surface area contributed by atoms with E-state index in [2.05, 4.69) is 11.4 Å². The highest BCUT2D eigenvalue weighted by atomic mass is 32.1. The number of aryl methyl sites for hydroxylation is 1. The van der Waals surface area contributed by atoms with E-state index in [-0.39, 0.29) is 0 Å². The number of hydrogen-bond acceptors (Lipinski definition) is 3. The van der Waals surface area contributed by atoms with Gasteiger partial charge in [-0.05, 0) is 40.3 Å². The van der Waals surface area contributed by atoms with Crippen LogP contribution in [0, 0.1) is 0 Å². The highest BCUT2D eigenvalue weighted by molar-refractivity contribution is 7.09. The van der Waals surface area contributed by atoms with Crippen molar-refractivity contribution in [3.63, 3.8) is 0 Å². The molecule has 2 aromatic rings. The van der Waals surface area contributed by atoms with Crippen LogP contribution < -0.4 is 0 Å². The zero-order valence-corrected chi connectivity index (χ0v) is 9.94. The van der Waals surface area contributed by atoms with Gasteiger partial charge in [0, 0.05) is 17.7 Å². The van der Waals surface area contributed by atoms with Gasteiger partial charge in [-0.1, -0.05) is 6.07 Å². The lowest BCUT2D eigenvalue weighted by Gasteiger charge is -1.97. The van der Waals surface area contributed by atoms with Crippen LogP contribution in [0.25, 0.3) is 0 Å². The normalized spacial score (nSPS) is 10.4. The van der Waals surface area contributed by atoms with Crippen LogP contribution in [0.1, 0.15) is 16.9 Å². The van der Waals surface area contributed by atoms with Crippen molar-refractivity contribution in [1.82, 2.24) is 0 Å². The lowest BCUT2D eigenvalue weighted by atomic mass is 10.1. The largest absolute Gasteiger partial charge is 0.299 e. The smallest absolute Gasteiger partial charge is 0.137 e. The second kappa shape index (κ2) is 5.24. The van der Waals surface area contributed by atoms with Crippen LogP contribution in [-0.2, 0) is 17.6 Å². The minimum absolute atomic E-state index is 0.335. The summed E-state index contributed by atoms with van der Waals surface area (Å²) in [6.07, 6.45) is 2.14. The third kappa shape index (κ3) is 3.29. The Kier molecular flexibility index (Phi) is 3.69. The molecule has 2 heterocycles. The van der Waals surface area contributed by atoms with Crippen LogP contribution in [0.2, 0.25) is 0 Å². The van der Waals surface area contributed by atoms with Crippen molar-refractivity contribution in [2.45, 2.75) is 19.3 Å². The Morgan fingerprint density at radius 1 is 1.27 bits per heavy atom. The van der Waals surface area contributed by atoms with Gasteiger partial charge in [-0.15, -0.1) is 11.3 Å². The van der Waals surface area contributed by atoms with Crippen molar-refractivity contribution in [2.24, 2.45) is 0 Å². The molecule has 3 heteroatoms. The first kappa shape index (κ1) is 10.6. The summed E-state index contributed by atoms with van der Waals surface area (Å²) in [6, 6.07) is 6.14. The van der Waals surface area contributed by atoms with E-state index < -0.39 is 0 Å². The van der Waals surface area contributed by atoms with E-state index in [1.165, 1.54) is 4.88 Å². The lowest BCUT2D eigenvalue weighted by molar-refractivity contribution is -0.118. The number of Topliss-reactive ketones (excluding diaryl/α,β-unsaturated/α-hetero) is 1. The molecule has 0 aromatic carbocycles. The molecule has 0 aliphatic heterocycles. The van der Waals surface area contributed by atoms with Crippen molar-refractivity contribution < 1.29 is 4.79 Å². The Hall–Kier alpha value is -0.930. The molecule has 0 spiro atoms. The number of ketones is 1. The molecule has 0 saturated heterocycles. The quantitative estimate of drug-likeness (QED) is 0.776. The maximum Gasteiger partial charge on any atom is 0.137 e. The first-order chi connectivity index (χ1) is 7.34. The number of carbonyl (C=O) groups is 1. The molecule has 1 nitrogen and oxygen atoms in total. The molecule has 0 amide bonds. The predicted octanol–water partition coefficient (Wildman–Crippen LogP) is 3.55. The maximum atomic E-state index is 11.6. The zero-order chi connectivity index (χ0) is 10.5. The summed E-state index contributed by atoms with van der Waals surface area (Å²) in [4.78, 5) is 12.9. The van der Waals surface area contributed by atoms with Gasteiger partial charge in [-0.3, -0.25) is 4.79 Å². The van der Waals surface area contributed by atoms with Gasteiger partial charge in [-0.25, -0.2) is 0 Å². The van der Waals surface area contributed by atoms with Gasteiger partial charge in [0.05, 0.1) is 0 Å². The van der Waals surface area contributed by atoms with Crippen molar-refractivity contribution in [2.75, 3.05) is 0 Å². The fourth-order valence-electron chi connectivity index (χ4n) is 1.43. The molecule has 0 atom stereocenters. The van der Waals surface area contributed by atoms with E-state index in [1.807, 2.05) is 22.9 Å². The molecule has 0 saturated carbocycles. The van der Waals surface area contributed by atoms with Crippen LogP contribution in [0.4, 0.5) is 0 Å². The molecule has 0 radical (unpaired) electrons. The van der Waals surface area contributed by atoms with Crippen molar-refractivity contribution >= 4 is 28.5 Å². The summed E-state index contributed by atoms with van der Waals surface area (Å²) in [6.45, 7) is 0. The molecular formula is C12H12OS2. The molecule has 15 heavy (non-hydrogen) atoms. The van der Waals surface area contributed by atoms with Gasteiger partial charge in [0.1, 0.15) is 5.78 Å². The third-order valence-corrected chi connectivity index (χ3v) is 3.88. The Morgan fingerprint density at radius 2 is 2.20 bits per heavy atom. The van der Waals surface area contributed by atoms with Crippen LogP contribution in [0.15, 0.2) is 34.3 Å². The molecule has 2 rings (SSSR count). The van der Waals surface area contributed by atoms with E-state index in [9.17, 15) is 4.79 Å². The van der Waals surface area contributed by atoms with Gasteiger partial charge in [-0.2, -0.15) is 11.3 Å². The van der Waals surface area contributed by atoms with Crippen LogP contribution in [0.3, 0.4) is 0 Å². The summed E-state index contributed by atoms with van der Waals surface area (Å²) in [5.41, 5.74) is 1.15. The van der Waals surface area contributed by atoms with Gasteiger partial charge in [0.25, 0.3) is 0 Å². The molecule has 78 valence electrons. The topological polar surface area (TPSA) is 17.1 Å². The van der Waals surface area contributed by atoms with E-state index in [0.29, 0.717) is 18.6 Å². The molecule has 0 aliphatic rings. The van der Waals surface area contributed by atoms with Crippen LogP contribution in [-0.4, -0.2) is 5.78 Å². The summed E-state index contributed by atoms with van der Waals surface area (Å²) in [5, 5.41) is 6.11. The molecule has 0 unspecified atom stereocenters. The van der Waals surface area contributed by atoms with Crippen LogP contribution >= 0.6 is 22.7 Å². The van der Waals surface area contributed by atoms with Crippen molar-refractivity contribution in [3.8, 4) is 0 Å². The first-order valence-corrected chi connectivity index (χ1v) is 6.72. The fourth-order valence-corrected chi connectivity index (χ4v) is 2.80. The summed E-state index contributed by atoms with van der Waals surface area (Å²) < 4.78 is 0. The highest BCUT2D eigenvalue weighted by Gasteiger charge is 2.04. The zero-order valence-electron chi connectivity index (χ0n) is 8.31. The Labute approximate surface area is 97.4 Å². The standard InChI is InChI=1S/C12H12OS2/c13-11(8-10-5-7-14-9-10)3-4-12-2-1-6-15-12/h1-2,5-7,9H,3-4,8H2. The SMILES string of the molecule is O=C(CCc1cccs1)Cc1ccsc1.